The first-order valence-corrected chi connectivity index (χ1v) is 2.53. The van der Waals surface area contributed by atoms with Gasteiger partial charge in [-0.2, -0.15) is 0 Å². The van der Waals surface area contributed by atoms with Crippen molar-refractivity contribution in [1.82, 2.24) is 9.38 Å². The standard InChI is InChI=1S/C5H5N3O/c6-4-2-8-3-7-1-5(8)9-4/h1-3H,6H2. The van der Waals surface area contributed by atoms with Crippen LogP contribution in [0.1, 0.15) is 0 Å². The first-order valence-electron chi connectivity index (χ1n) is 2.53. The Balaban J connectivity index is 2.92. The van der Waals surface area contributed by atoms with Crippen molar-refractivity contribution in [3.05, 3.63) is 18.7 Å². The molecular weight excluding hydrogens is 118 g/mol. The molecule has 2 N–H and O–H groups in total. The van der Waals surface area contributed by atoms with E-state index in [4.69, 9.17) is 10.2 Å². The number of nitrogens with zero attached hydrogens (tertiary/aromatic N) is 2. The maximum absolute atomic E-state index is 5.32. The summed E-state index contributed by atoms with van der Waals surface area (Å²) < 4.78 is 6.70. The molecule has 0 unspecified atom stereocenters. The van der Waals surface area contributed by atoms with Crippen LogP contribution < -0.4 is 5.73 Å². The van der Waals surface area contributed by atoms with E-state index in [1.165, 1.54) is 0 Å². The molecule has 0 saturated carbocycles. The summed E-state index contributed by atoms with van der Waals surface area (Å²) in [5.74, 6) is 0.410. The molecule has 2 heterocycles. The van der Waals surface area contributed by atoms with Crippen LogP contribution in [0.15, 0.2) is 23.1 Å². The van der Waals surface area contributed by atoms with Crippen LogP contribution in [-0.4, -0.2) is 9.38 Å². The van der Waals surface area contributed by atoms with E-state index in [-0.39, 0.29) is 0 Å². The fourth-order valence-corrected chi connectivity index (χ4v) is 0.753. The number of hydrogen-bond donors (Lipinski definition) is 1. The quantitative estimate of drug-likeness (QED) is 0.555. The minimum atomic E-state index is 0.410. The van der Waals surface area contributed by atoms with Crippen LogP contribution >= 0.6 is 0 Å². The highest BCUT2D eigenvalue weighted by molar-refractivity contribution is 5.37. The Bertz CT molecular complexity index is 293. The summed E-state index contributed by atoms with van der Waals surface area (Å²) in [5, 5.41) is 0. The van der Waals surface area contributed by atoms with E-state index in [2.05, 4.69) is 4.98 Å². The molecule has 0 fully saturated rings. The lowest BCUT2D eigenvalue weighted by Gasteiger charge is -1.72. The second kappa shape index (κ2) is 1.28. The number of nitrogens with two attached hydrogens (primary N) is 1. The fraction of sp³-hybridized carbons (Fsp3) is 0. The summed E-state index contributed by atoms with van der Waals surface area (Å²) in [6.45, 7) is 0. The van der Waals surface area contributed by atoms with Gasteiger partial charge in [0.05, 0.1) is 12.4 Å². The predicted octanol–water partition coefficient (Wildman–Crippen LogP) is 0.510. The Morgan fingerprint density at radius 3 is 3.33 bits per heavy atom. The topological polar surface area (TPSA) is 56.5 Å². The molecule has 2 aromatic heterocycles. The minimum absolute atomic E-state index is 0.410. The van der Waals surface area contributed by atoms with Gasteiger partial charge in [0.2, 0.25) is 11.6 Å². The van der Waals surface area contributed by atoms with Crippen molar-refractivity contribution in [3.8, 4) is 0 Å². The lowest BCUT2D eigenvalue weighted by molar-refractivity contribution is 0.628. The first kappa shape index (κ1) is 4.43. The Labute approximate surface area is 50.9 Å². The normalized spacial score (nSPS) is 10.7. The van der Waals surface area contributed by atoms with Gasteiger partial charge in [-0.3, -0.25) is 4.40 Å². The third-order valence-corrected chi connectivity index (χ3v) is 1.12. The average Bonchev–Trinajstić information content (AvgIpc) is 2.22. The maximum atomic E-state index is 5.32. The summed E-state index contributed by atoms with van der Waals surface area (Å²) in [6.07, 6.45) is 4.91. The van der Waals surface area contributed by atoms with E-state index < -0.39 is 0 Å². The van der Waals surface area contributed by atoms with Crippen molar-refractivity contribution in [1.29, 1.82) is 0 Å². The molecule has 0 aliphatic carbocycles. The monoisotopic (exact) mass is 123 g/mol. The summed E-state index contributed by atoms with van der Waals surface area (Å²) in [5.41, 5.74) is 5.99. The van der Waals surface area contributed by atoms with Gasteiger partial charge in [0.1, 0.15) is 6.33 Å². The number of hydrogen-bond acceptors (Lipinski definition) is 3. The van der Waals surface area contributed by atoms with Crippen LogP contribution in [0, 0.1) is 0 Å². The van der Waals surface area contributed by atoms with E-state index in [0.29, 0.717) is 11.6 Å². The van der Waals surface area contributed by atoms with Crippen molar-refractivity contribution >= 4 is 11.6 Å². The van der Waals surface area contributed by atoms with Gasteiger partial charge in [0.25, 0.3) is 0 Å². The molecule has 9 heavy (non-hydrogen) atoms. The van der Waals surface area contributed by atoms with E-state index in [1.54, 1.807) is 23.1 Å². The smallest absolute Gasteiger partial charge is 0.225 e. The number of rotatable bonds is 0. The molecule has 0 radical (unpaired) electrons. The van der Waals surface area contributed by atoms with Crippen molar-refractivity contribution in [3.63, 3.8) is 0 Å². The van der Waals surface area contributed by atoms with Gasteiger partial charge >= 0.3 is 0 Å². The zero-order valence-corrected chi connectivity index (χ0v) is 4.61. The first-order chi connectivity index (χ1) is 4.36. The van der Waals surface area contributed by atoms with E-state index in [9.17, 15) is 0 Å². The zero-order valence-electron chi connectivity index (χ0n) is 4.61. The molecule has 0 atom stereocenters. The highest BCUT2D eigenvalue weighted by atomic mass is 16.4. The molecule has 0 aromatic carbocycles. The zero-order chi connectivity index (χ0) is 6.27. The maximum Gasteiger partial charge on any atom is 0.225 e. The SMILES string of the molecule is Nc1cn2cncc2o1. The molecule has 4 nitrogen and oxygen atoms in total. The molecule has 0 spiro atoms. The molecule has 0 aliphatic rings. The molecule has 0 aliphatic heterocycles. The van der Waals surface area contributed by atoms with Gasteiger partial charge in [0, 0.05) is 0 Å². The number of oxazole rings is 1. The lowest BCUT2D eigenvalue weighted by Crippen LogP contribution is -1.77. The third kappa shape index (κ3) is 0.495. The van der Waals surface area contributed by atoms with E-state index in [1.807, 2.05) is 0 Å². The van der Waals surface area contributed by atoms with Crippen LogP contribution in [0.3, 0.4) is 0 Å². The Morgan fingerprint density at radius 2 is 2.56 bits per heavy atom. The number of nitrogen functional groups attached to an aromatic ring is 1. The molecular formula is C5H5N3O. The summed E-state index contributed by atoms with van der Waals surface area (Å²) in [7, 11) is 0. The Kier molecular flexibility index (Phi) is 0.631. The van der Waals surface area contributed by atoms with Crippen molar-refractivity contribution < 1.29 is 4.42 Å². The fourth-order valence-electron chi connectivity index (χ4n) is 0.753. The summed E-state index contributed by atoms with van der Waals surface area (Å²) in [6, 6.07) is 0. The molecule has 0 saturated heterocycles. The number of imidazole rings is 1. The van der Waals surface area contributed by atoms with Crippen molar-refractivity contribution in [2.24, 2.45) is 0 Å². The number of aromatic nitrogens is 2. The molecule has 0 bridgehead atoms. The van der Waals surface area contributed by atoms with Gasteiger partial charge in [-0.1, -0.05) is 0 Å². The lowest BCUT2D eigenvalue weighted by atomic mass is 10.8. The minimum Gasteiger partial charge on any atom is -0.421 e. The molecule has 2 rings (SSSR count). The van der Waals surface area contributed by atoms with Crippen LogP contribution in [0.4, 0.5) is 5.88 Å². The summed E-state index contributed by atoms with van der Waals surface area (Å²) >= 11 is 0. The molecule has 2 aromatic rings. The summed E-state index contributed by atoms with van der Waals surface area (Å²) in [4.78, 5) is 3.82. The van der Waals surface area contributed by atoms with Crippen molar-refractivity contribution in [2.45, 2.75) is 0 Å². The van der Waals surface area contributed by atoms with E-state index >= 15 is 0 Å². The predicted molar refractivity (Wildman–Crippen MR) is 31.9 cm³/mol. The van der Waals surface area contributed by atoms with Crippen LogP contribution in [-0.2, 0) is 0 Å². The number of fused-ring (bicyclic) bond motifs is 1. The van der Waals surface area contributed by atoms with Crippen LogP contribution in [0.25, 0.3) is 5.71 Å². The number of anilines is 1. The van der Waals surface area contributed by atoms with Gasteiger partial charge < -0.3 is 10.2 Å². The van der Waals surface area contributed by atoms with Crippen LogP contribution in [0.2, 0.25) is 0 Å². The third-order valence-electron chi connectivity index (χ3n) is 1.12. The van der Waals surface area contributed by atoms with Crippen LogP contribution in [0.5, 0.6) is 0 Å². The van der Waals surface area contributed by atoms with Gasteiger partial charge in [-0.15, -0.1) is 0 Å². The van der Waals surface area contributed by atoms with Gasteiger partial charge in [-0.05, 0) is 0 Å². The van der Waals surface area contributed by atoms with Crippen molar-refractivity contribution in [2.75, 3.05) is 5.73 Å². The van der Waals surface area contributed by atoms with Gasteiger partial charge in [0.15, 0.2) is 0 Å². The average molecular weight is 123 g/mol. The largest absolute Gasteiger partial charge is 0.421 e. The Hall–Kier alpha value is -1.45. The highest BCUT2D eigenvalue weighted by Gasteiger charge is 1.96. The second-order valence-electron chi connectivity index (χ2n) is 1.77. The molecule has 46 valence electrons. The highest BCUT2D eigenvalue weighted by Crippen LogP contribution is 2.08. The Morgan fingerprint density at radius 1 is 1.67 bits per heavy atom. The van der Waals surface area contributed by atoms with E-state index in [0.717, 1.165) is 0 Å². The van der Waals surface area contributed by atoms with Gasteiger partial charge in [-0.25, -0.2) is 4.98 Å². The molecule has 0 amide bonds. The molecule has 4 heteroatoms. The second-order valence-corrected chi connectivity index (χ2v) is 1.77.